The third-order valence-corrected chi connectivity index (χ3v) is 9.82. The van der Waals surface area contributed by atoms with Gasteiger partial charge in [0.2, 0.25) is 0 Å². The van der Waals surface area contributed by atoms with Gasteiger partial charge in [-0.2, -0.15) is 0 Å². The Bertz CT molecular complexity index is 716. The normalized spacial score (nSPS) is 11.5. The van der Waals surface area contributed by atoms with E-state index in [4.69, 9.17) is 15.3 Å². The largest absolute Gasteiger partial charge is 3.00 e. The van der Waals surface area contributed by atoms with Crippen molar-refractivity contribution >= 4 is 27.8 Å². The average molecular weight is 544 g/mol. The molecule has 0 spiro atoms. The predicted molar refractivity (Wildman–Crippen MR) is 147 cm³/mol. The Labute approximate surface area is 226 Å². The van der Waals surface area contributed by atoms with Gasteiger partial charge < -0.3 is 15.3 Å². The number of para-hydroxylation sites is 2. The van der Waals surface area contributed by atoms with Gasteiger partial charge in [0.05, 0.1) is 0 Å². The number of hydrogen-bond acceptors (Lipinski definition) is 0. The minimum absolute atomic E-state index is 0. The summed E-state index contributed by atoms with van der Waals surface area (Å²) in [5.41, 5.74) is 4.82. The second kappa shape index (κ2) is 14.7. The molecule has 0 aliphatic carbocycles. The average Bonchev–Trinajstić information content (AvgIpc) is 2.63. The molecule has 2 aromatic rings. The van der Waals surface area contributed by atoms with E-state index in [1.807, 2.05) is 0 Å². The number of rotatable bonds is 9. The zero-order valence-corrected chi connectivity index (χ0v) is 26.9. The zero-order valence-electron chi connectivity index (χ0n) is 22.1. The summed E-state index contributed by atoms with van der Waals surface area (Å²) in [6.07, 6.45) is 0. The topological polar surface area (TPSA) is 42.3 Å². The summed E-state index contributed by atoms with van der Waals surface area (Å²) in [7, 11) is -2.21. The van der Waals surface area contributed by atoms with Crippen molar-refractivity contribution in [2.75, 3.05) is 13.1 Å². The van der Waals surface area contributed by atoms with E-state index in [0.29, 0.717) is 11.8 Å². The molecule has 174 valence electrons. The van der Waals surface area contributed by atoms with Gasteiger partial charge in [-0.1, -0.05) is 143 Å². The van der Waals surface area contributed by atoms with Crippen molar-refractivity contribution in [3.63, 3.8) is 0 Å². The van der Waals surface area contributed by atoms with E-state index in [1.165, 1.54) is 11.1 Å². The predicted octanol–water partition coefficient (Wildman–Crippen LogP) is 9.67. The van der Waals surface area contributed by atoms with Crippen LogP contribution in [-0.2, 0) is 32.7 Å². The SMILES string of the molecule is CC(C)c1ccccc1[N-]CC[N-]c1ccccc1C(C)C.C[Si](C)(C)[N-][Si](C)(C)C.[Y+3]. The molecular weight excluding hydrogens is 499 g/mol. The summed E-state index contributed by atoms with van der Waals surface area (Å²) < 4.78 is 4.82. The second-order valence-corrected chi connectivity index (χ2v) is 20.2. The van der Waals surface area contributed by atoms with Gasteiger partial charge in [0.15, 0.2) is 0 Å². The molecular formula is C26H44N3Si2Y. The zero-order chi connectivity index (χ0) is 23.7. The van der Waals surface area contributed by atoms with Crippen LogP contribution in [0.3, 0.4) is 0 Å². The molecule has 0 unspecified atom stereocenters. The smallest absolute Gasteiger partial charge is 0.685 e. The van der Waals surface area contributed by atoms with Crippen molar-refractivity contribution in [1.82, 2.24) is 0 Å². The number of nitrogens with zero attached hydrogens (tertiary/aromatic N) is 3. The van der Waals surface area contributed by atoms with Crippen LogP contribution in [-0.4, -0.2) is 29.6 Å². The molecule has 0 heterocycles. The van der Waals surface area contributed by atoms with Gasteiger partial charge in [0.25, 0.3) is 0 Å². The van der Waals surface area contributed by atoms with Crippen LogP contribution in [0.2, 0.25) is 39.3 Å². The Hall–Kier alpha value is -0.462. The van der Waals surface area contributed by atoms with E-state index in [0.717, 1.165) is 24.5 Å². The van der Waals surface area contributed by atoms with Crippen LogP contribution in [0.5, 0.6) is 0 Å². The van der Waals surface area contributed by atoms with Crippen LogP contribution in [0.15, 0.2) is 48.5 Å². The molecule has 0 radical (unpaired) electrons. The summed E-state index contributed by atoms with van der Waals surface area (Å²) in [6.45, 7) is 24.1. The van der Waals surface area contributed by atoms with Crippen LogP contribution in [0, 0.1) is 0 Å². The van der Waals surface area contributed by atoms with Gasteiger partial charge in [0.1, 0.15) is 0 Å². The van der Waals surface area contributed by atoms with Crippen molar-refractivity contribution in [1.29, 1.82) is 0 Å². The summed E-state index contributed by atoms with van der Waals surface area (Å²) in [5, 5.41) is 9.45. The maximum Gasteiger partial charge on any atom is 3.00 e. The Kier molecular flexibility index (Phi) is 14.5. The molecule has 0 aliphatic heterocycles. The number of hydrogen-bond donors (Lipinski definition) is 0. The Morgan fingerprint density at radius 1 is 0.594 bits per heavy atom. The van der Waals surface area contributed by atoms with Crippen molar-refractivity contribution in [2.24, 2.45) is 0 Å². The Morgan fingerprint density at radius 2 is 0.906 bits per heavy atom. The minimum atomic E-state index is -1.11. The number of benzene rings is 2. The van der Waals surface area contributed by atoms with Gasteiger partial charge in [-0.3, -0.25) is 0 Å². The summed E-state index contributed by atoms with van der Waals surface area (Å²) in [6, 6.07) is 16.8. The fourth-order valence-electron chi connectivity index (χ4n) is 3.59. The Morgan fingerprint density at radius 3 is 1.16 bits per heavy atom. The van der Waals surface area contributed by atoms with Crippen molar-refractivity contribution in [3.05, 3.63) is 74.9 Å². The fraction of sp³-hybridized carbons (Fsp3) is 0.538. The molecule has 0 amide bonds. The van der Waals surface area contributed by atoms with Gasteiger partial charge in [0, 0.05) is 0 Å². The molecule has 32 heavy (non-hydrogen) atoms. The molecule has 0 saturated carbocycles. The molecule has 0 aromatic heterocycles. The van der Waals surface area contributed by atoms with E-state index in [-0.39, 0.29) is 32.7 Å². The third-order valence-electron chi connectivity index (χ3n) is 4.45. The van der Waals surface area contributed by atoms with Crippen molar-refractivity contribution in [2.45, 2.75) is 78.8 Å². The quantitative estimate of drug-likeness (QED) is 0.223. The first-order valence-corrected chi connectivity index (χ1v) is 18.5. The Balaban J connectivity index is 0.000000821. The van der Waals surface area contributed by atoms with Crippen LogP contribution in [0.4, 0.5) is 11.4 Å². The fourth-order valence-corrected chi connectivity index (χ4v) is 11.6. The van der Waals surface area contributed by atoms with Crippen LogP contribution >= 0.6 is 0 Å². The first-order valence-electron chi connectivity index (χ1n) is 11.6. The second-order valence-electron chi connectivity index (χ2n) is 10.6. The molecule has 0 bridgehead atoms. The summed E-state index contributed by atoms with van der Waals surface area (Å²) >= 11 is 0. The first-order chi connectivity index (χ1) is 14.3. The van der Waals surface area contributed by atoms with Crippen LogP contribution in [0.25, 0.3) is 15.3 Å². The van der Waals surface area contributed by atoms with E-state index in [1.54, 1.807) is 0 Å². The van der Waals surface area contributed by atoms with Gasteiger partial charge in [-0.05, 0) is 11.8 Å². The van der Waals surface area contributed by atoms with E-state index in [2.05, 4.69) is 116 Å². The van der Waals surface area contributed by atoms with Gasteiger partial charge in [-0.15, -0.1) is 24.5 Å². The van der Waals surface area contributed by atoms with E-state index >= 15 is 0 Å². The van der Waals surface area contributed by atoms with E-state index in [9.17, 15) is 0 Å². The molecule has 3 nitrogen and oxygen atoms in total. The van der Waals surface area contributed by atoms with Gasteiger partial charge in [-0.25, -0.2) is 0 Å². The molecule has 2 aromatic carbocycles. The van der Waals surface area contributed by atoms with Gasteiger partial charge >= 0.3 is 32.7 Å². The summed E-state index contributed by atoms with van der Waals surface area (Å²) in [5.74, 6) is 0.997. The maximum absolute atomic E-state index is 4.82. The van der Waals surface area contributed by atoms with E-state index < -0.39 is 16.5 Å². The molecule has 0 fully saturated rings. The molecule has 0 atom stereocenters. The minimum Gasteiger partial charge on any atom is -0.685 e. The molecule has 0 N–H and O–H groups in total. The molecule has 2 rings (SSSR count). The molecule has 0 aliphatic rings. The first kappa shape index (κ1) is 31.5. The molecule has 6 heteroatoms. The monoisotopic (exact) mass is 543 g/mol. The summed E-state index contributed by atoms with van der Waals surface area (Å²) in [4.78, 5) is 0. The van der Waals surface area contributed by atoms with Crippen molar-refractivity contribution in [3.8, 4) is 0 Å². The maximum atomic E-state index is 4.82. The standard InChI is InChI=1S/C20H26N2.C6H18NSi2.Y/c1-15(2)17-9-5-7-11-19(17)21-13-14-22-20-12-8-6-10-18(20)16(3)4;1-8(2,3)7-9(4,5)6;/h5-12,15-16H,13-14H2,1-4H3;1-6H3;/q-2;-1;+3. The van der Waals surface area contributed by atoms with Crippen molar-refractivity contribution < 1.29 is 32.7 Å². The van der Waals surface area contributed by atoms with Crippen LogP contribution < -0.4 is 0 Å². The third kappa shape index (κ3) is 13.3. The molecule has 0 saturated heterocycles. The van der Waals surface area contributed by atoms with Crippen LogP contribution in [0.1, 0.15) is 50.7 Å².